The number of likely N-dealkylation sites (N-methyl/N-ethyl adjacent to an activating group) is 1. The average Bonchev–Trinajstić information content (AvgIpc) is 3.11. The fraction of sp³-hybridized carbons (Fsp3) is 0.462. The highest BCUT2D eigenvalue weighted by Gasteiger charge is 2.24. The van der Waals surface area contributed by atoms with E-state index in [0.29, 0.717) is 12.2 Å². The van der Waals surface area contributed by atoms with Gasteiger partial charge in [0.15, 0.2) is 5.69 Å². The van der Waals surface area contributed by atoms with Gasteiger partial charge < -0.3 is 4.90 Å². The van der Waals surface area contributed by atoms with E-state index in [1.807, 2.05) is 12.4 Å². The number of hydrogen-bond acceptors (Lipinski definition) is 4. The SMILES string of the molecule is CN(CCc1nccs1)C(=O)c1n[nH]c2c1CCC2. The quantitative estimate of drug-likeness (QED) is 0.924. The first-order valence-electron chi connectivity index (χ1n) is 6.45. The molecule has 3 rings (SSSR count). The molecule has 2 heterocycles. The Hall–Kier alpha value is -1.69. The predicted molar refractivity (Wildman–Crippen MR) is 73.4 cm³/mol. The molecule has 2 aromatic rings. The van der Waals surface area contributed by atoms with Crippen LogP contribution in [0.25, 0.3) is 0 Å². The van der Waals surface area contributed by atoms with E-state index in [-0.39, 0.29) is 5.91 Å². The van der Waals surface area contributed by atoms with Crippen LogP contribution in [0.4, 0.5) is 0 Å². The van der Waals surface area contributed by atoms with Gasteiger partial charge in [0.05, 0.1) is 5.01 Å². The summed E-state index contributed by atoms with van der Waals surface area (Å²) in [5, 5.41) is 10.2. The molecule has 0 radical (unpaired) electrons. The molecule has 0 spiro atoms. The predicted octanol–water partition coefficient (Wildman–Crippen LogP) is 1.67. The van der Waals surface area contributed by atoms with Crippen LogP contribution >= 0.6 is 11.3 Å². The summed E-state index contributed by atoms with van der Waals surface area (Å²) >= 11 is 1.62. The molecule has 100 valence electrons. The monoisotopic (exact) mass is 276 g/mol. The molecule has 0 bridgehead atoms. The summed E-state index contributed by atoms with van der Waals surface area (Å²) in [6.07, 6.45) is 5.69. The molecule has 1 aliphatic rings. The number of carbonyl (C=O) groups excluding carboxylic acids is 1. The zero-order valence-electron chi connectivity index (χ0n) is 10.8. The van der Waals surface area contributed by atoms with E-state index in [0.717, 1.165) is 41.9 Å². The maximum Gasteiger partial charge on any atom is 0.274 e. The second-order valence-electron chi connectivity index (χ2n) is 4.79. The summed E-state index contributed by atoms with van der Waals surface area (Å²) in [5.41, 5.74) is 2.86. The highest BCUT2D eigenvalue weighted by atomic mass is 32.1. The van der Waals surface area contributed by atoms with Crippen molar-refractivity contribution in [2.45, 2.75) is 25.7 Å². The first kappa shape index (κ1) is 12.3. The summed E-state index contributed by atoms with van der Waals surface area (Å²) in [6.45, 7) is 0.675. The van der Waals surface area contributed by atoms with Gasteiger partial charge in [0, 0.05) is 42.8 Å². The Balaban J connectivity index is 1.66. The molecule has 0 saturated heterocycles. The van der Waals surface area contributed by atoms with Crippen molar-refractivity contribution in [2.75, 3.05) is 13.6 Å². The normalized spacial score (nSPS) is 13.5. The van der Waals surface area contributed by atoms with Crippen LogP contribution in [0.2, 0.25) is 0 Å². The number of nitrogens with one attached hydrogen (secondary N) is 1. The Kier molecular flexibility index (Phi) is 3.33. The number of nitrogens with zero attached hydrogens (tertiary/aromatic N) is 3. The van der Waals surface area contributed by atoms with Crippen molar-refractivity contribution in [3.05, 3.63) is 33.5 Å². The number of rotatable bonds is 4. The van der Waals surface area contributed by atoms with Gasteiger partial charge in [0.2, 0.25) is 0 Å². The van der Waals surface area contributed by atoms with E-state index in [9.17, 15) is 4.79 Å². The molecule has 1 amide bonds. The molecule has 0 unspecified atom stereocenters. The zero-order valence-corrected chi connectivity index (χ0v) is 11.7. The highest BCUT2D eigenvalue weighted by Crippen LogP contribution is 2.23. The van der Waals surface area contributed by atoms with Gasteiger partial charge in [0.25, 0.3) is 5.91 Å². The third kappa shape index (κ3) is 2.40. The van der Waals surface area contributed by atoms with Gasteiger partial charge in [-0.1, -0.05) is 0 Å². The lowest BCUT2D eigenvalue weighted by molar-refractivity contribution is 0.0790. The van der Waals surface area contributed by atoms with Gasteiger partial charge in [-0.2, -0.15) is 5.10 Å². The van der Waals surface area contributed by atoms with E-state index in [2.05, 4.69) is 15.2 Å². The number of thiazole rings is 1. The smallest absolute Gasteiger partial charge is 0.274 e. The van der Waals surface area contributed by atoms with E-state index in [1.165, 1.54) is 0 Å². The number of hydrogen-bond donors (Lipinski definition) is 1. The lowest BCUT2D eigenvalue weighted by atomic mass is 10.2. The first-order chi connectivity index (χ1) is 9.25. The summed E-state index contributed by atoms with van der Waals surface area (Å²) in [5.74, 6) is 0.0101. The third-order valence-corrected chi connectivity index (χ3v) is 4.34. The topological polar surface area (TPSA) is 61.9 Å². The van der Waals surface area contributed by atoms with E-state index in [1.54, 1.807) is 22.4 Å². The number of H-pyrrole nitrogens is 1. The molecular formula is C13H16N4OS. The molecule has 19 heavy (non-hydrogen) atoms. The molecule has 2 aromatic heterocycles. The minimum Gasteiger partial charge on any atom is -0.340 e. The number of aryl methyl sites for hydroxylation is 1. The molecule has 0 saturated carbocycles. The van der Waals surface area contributed by atoms with Crippen LogP contribution in [0.1, 0.15) is 33.2 Å². The van der Waals surface area contributed by atoms with Gasteiger partial charge in [-0.25, -0.2) is 4.98 Å². The lowest BCUT2D eigenvalue weighted by Crippen LogP contribution is -2.29. The summed E-state index contributed by atoms with van der Waals surface area (Å²) in [6, 6.07) is 0. The van der Waals surface area contributed by atoms with Crippen molar-refractivity contribution < 1.29 is 4.79 Å². The van der Waals surface area contributed by atoms with Gasteiger partial charge in [0.1, 0.15) is 0 Å². The van der Waals surface area contributed by atoms with Gasteiger partial charge in [-0.05, 0) is 19.3 Å². The van der Waals surface area contributed by atoms with Crippen molar-refractivity contribution in [3.8, 4) is 0 Å². The van der Waals surface area contributed by atoms with E-state index < -0.39 is 0 Å². The molecule has 0 aromatic carbocycles. The summed E-state index contributed by atoms with van der Waals surface area (Å²) < 4.78 is 0. The number of amides is 1. The number of aromatic nitrogens is 3. The molecule has 0 aliphatic heterocycles. The maximum atomic E-state index is 12.4. The fourth-order valence-electron chi connectivity index (χ4n) is 2.42. The molecular weight excluding hydrogens is 260 g/mol. The Morgan fingerprint density at radius 2 is 2.42 bits per heavy atom. The van der Waals surface area contributed by atoms with Crippen LogP contribution in [-0.2, 0) is 19.3 Å². The third-order valence-electron chi connectivity index (χ3n) is 3.50. The molecule has 0 atom stereocenters. The minimum absolute atomic E-state index is 0.0101. The van der Waals surface area contributed by atoms with Crippen LogP contribution in [0.15, 0.2) is 11.6 Å². The van der Waals surface area contributed by atoms with Crippen LogP contribution in [-0.4, -0.2) is 39.6 Å². The van der Waals surface area contributed by atoms with Crippen molar-refractivity contribution in [2.24, 2.45) is 0 Å². The number of fused-ring (bicyclic) bond motifs is 1. The Bertz CT molecular complexity index is 575. The highest BCUT2D eigenvalue weighted by molar-refractivity contribution is 7.09. The summed E-state index contributed by atoms with van der Waals surface area (Å²) in [4.78, 5) is 18.3. The van der Waals surface area contributed by atoms with E-state index in [4.69, 9.17) is 0 Å². The lowest BCUT2D eigenvalue weighted by Gasteiger charge is -2.15. The van der Waals surface area contributed by atoms with Crippen molar-refractivity contribution in [3.63, 3.8) is 0 Å². The van der Waals surface area contributed by atoms with Gasteiger partial charge in [-0.15, -0.1) is 11.3 Å². The van der Waals surface area contributed by atoms with Crippen molar-refractivity contribution in [1.82, 2.24) is 20.1 Å². The Morgan fingerprint density at radius 3 is 3.21 bits per heavy atom. The Morgan fingerprint density at radius 1 is 1.53 bits per heavy atom. The van der Waals surface area contributed by atoms with Gasteiger partial charge in [-0.3, -0.25) is 9.89 Å². The number of aromatic amines is 1. The van der Waals surface area contributed by atoms with Gasteiger partial charge >= 0.3 is 0 Å². The van der Waals surface area contributed by atoms with E-state index >= 15 is 0 Å². The van der Waals surface area contributed by atoms with Crippen LogP contribution in [0.5, 0.6) is 0 Å². The zero-order chi connectivity index (χ0) is 13.2. The Labute approximate surface area is 115 Å². The molecule has 1 N–H and O–H groups in total. The van der Waals surface area contributed by atoms with Crippen LogP contribution in [0, 0.1) is 0 Å². The largest absolute Gasteiger partial charge is 0.340 e. The second-order valence-corrected chi connectivity index (χ2v) is 5.76. The molecule has 1 aliphatic carbocycles. The summed E-state index contributed by atoms with van der Waals surface area (Å²) in [7, 11) is 1.83. The standard InChI is InChI=1S/C13H16N4OS/c1-17(7-5-11-14-6-8-19-11)13(18)12-9-3-2-4-10(9)15-16-12/h6,8H,2-5,7H2,1H3,(H,15,16). The molecule has 6 heteroatoms. The molecule has 0 fully saturated rings. The van der Waals surface area contributed by atoms with Crippen molar-refractivity contribution >= 4 is 17.2 Å². The molecule has 5 nitrogen and oxygen atoms in total. The maximum absolute atomic E-state index is 12.4. The van der Waals surface area contributed by atoms with Crippen LogP contribution < -0.4 is 0 Å². The van der Waals surface area contributed by atoms with Crippen molar-refractivity contribution in [1.29, 1.82) is 0 Å². The fourth-order valence-corrected chi connectivity index (χ4v) is 3.03. The first-order valence-corrected chi connectivity index (χ1v) is 7.33. The minimum atomic E-state index is 0.0101. The second kappa shape index (κ2) is 5.13. The average molecular weight is 276 g/mol. The van der Waals surface area contributed by atoms with Crippen LogP contribution in [0.3, 0.4) is 0 Å². The number of carbonyl (C=O) groups is 1.